The van der Waals surface area contributed by atoms with Gasteiger partial charge >= 0.3 is 5.97 Å². The predicted octanol–water partition coefficient (Wildman–Crippen LogP) is 3.25. The fourth-order valence-electron chi connectivity index (χ4n) is 2.99. The summed E-state index contributed by atoms with van der Waals surface area (Å²) in [6.45, 7) is 1.66. The number of carbonyl (C=O) groups excluding carboxylic acids is 2. The number of rotatable bonds is 4. The van der Waals surface area contributed by atoms with Gasteiger partial charge in [0.05, 0.1) is 22.2 Å². The van der Waals surface area contributed by atoms with E-state index < -0.39 is 23.1 Å². The smallest absolute Gasteiger partial charge is 0.326 e. The molecule has 1 amide bonds. The fourth-order valence-corrected chi connectivity index (χ4v) is 4.05. The number of hydrogen-bond acceptors (Lipinski definition) is 6. The minimum atomic E-state index is -0.820. The highest BCUT2D eigenvalue weighted by Crippen LogP contribution is 2.19. The molecule has 0 unspecified atom stereocenters. The zero-order valence-electron chi connectivity index (χ0n) is 15.8. The Hall–Kier alpha value is -3.59. The standard InChI is InChI=1S/C21H15FN2O5S/c1-2-28-18(25)10-24-15-8-7-12(22)9-17(15)30-21(24)23-20(27)14-11-29-16-6-4-3-5-13(16)19(14)26/h3-9,11H,2,10H2,1H3. The molecule has 2 aromatic carbocycles. The van der Waals surface area contributed by atoms with Gasteiger partial charge in [-0.25, -0.2) is 4.39 Å². The van der Waals surface area contributed by atoms with Crippen LogP contribution in [0.2, 0.25) is 0 Å². The van der Waals surface area contributed by atoms with Crippen molar-refractivity contribution in [3.8, 4) is 0 Å². The molecule has 0 atom stereocenters. The quantitative estimate of drug-likeness (QED) is 0.467. The molecule has 0 spiro atoms. The van der Waals surface area contributed by atoms with Crippen LogP contribution in [0.1, 0.15) is 17.3 Å². The number of esters is 1. The number of halogens is 1. The number of ether oxygens (including phenoxy) is 1. The molecule has 7 nitrogen and oxygen atoms in total. The highest BCUT2D eigenvalue weighted by atomic mass is 32.1. The molecule has 0 saturated heterocycles. The van der Waals surface area contributed by atoms with Gasteiger partial charge in [0.1, 0.15) is 29.8 Å². The number of para-hydroxylation sites is 1. The Kier molecular flexibility index (Phi) is 5.28. The number of nitrogens with zero attached hydrogens (tertiary/aromatic N) is 2. The van der Waals surface area contributed by atoms with Crippen LogP contribution >= 0.6 is 11.3 Å². The van der Waals surface area contributed by atoms with Crippen molar-refractivity contribution in [1.82, 2.24) is 4.57 Å². The van der Waals surface area contributed by atoms with E-state index in [4.69, 9.17) is 9.15 Å². The molecule has 0 aliphatic heterocycles. The Morgan fingerprint density at radius 1 is 1.23 bits per heavy atom. The molecule has 9 heteroatoms. The molecule has 4 aromatic rings. The number of benzene rings is 2. The van der Waals surface area contributed by atoms with Crippen LogP contribution < -0.4 is 10.2 Å². The van der Waals surface area contributed by atoms with E-state index in [-0.39, 0.29) is 28.9 Å². The second-order valence-corrected chi connectivity index (χ2v) is 7.29. The Bertz CT molecular complexity index is 1420. The van der Waals surface area contributed by atoms with Gasteiger partial charge in [-0.3, -0.25) is 14.4 Å². The van der Waals surface area contributed by atoms with E-state index in [1.54, 1.807) is 31.2 Å². The summed E-state index contributed by atoms with van der Waals surface area (Å²) in [5, 5.41) is 0.261. The number of thiazole rings is 1. The molecular formula is C21H15FN2O5S. The summed E-state index contributed by atoms with van der Waals surface area (Å²) in [6, 6.07) is 10.6. The van der Waals surface area contributed by atoms with Crippen molar-refractivity contribution in [2.45, 2.75) is 13.5 Å². The first-order chi connectivity index (χ1) is 14.5. The molecule has 152 valence electrons. The van der Waals surface area contributed by atoms with Gasteiger partial charge in [0, 0.05) is 0 Å². The maximum atomic E-state index is 13.6. The van der Waals surface area contributed by atoms with Crippen molar-refractivity contribution in [1.29, 1.82) is 0 Å². The first kappa shape index (κ1) is 19.7. The molecule has 0 fully saturated rings. The lowest BCUT2D eigenvalue weighted by Gasteiger charge is -2.05. The summed E-state index contributed by atoms with van der Waals surface area (Å²) < 4.78 is 26.0. The molecule has 2 heterocycles. The van der Waals surface area contributed by atoms with Crippen molar-refractivity contribution in [3.05, 3.63) is 75.1 Å². The third-order valence-corrected chi connectivity index (χ3v) is 5.39. The van der Waals surface area contributed by atoms with Gasteiger partial charge < -0.3 is 13.7 Å². The molecule has 2 aromatic heterocycles. The molecule has 4 rings (SSSR count). The van der Waals surface area contributed by atoms with Crippen molar-refractivity contribution in [2.75, 3.05) is 6.61 Å². The lowest BCUT2D eigenvalue weighted by molar-refractivity contribution is -0.143. The first-order valence-corrected chi connectivity index (χ1v) is 9.83. The molecule has 0 aliphatic rings. The number of fused-ring (bicyclic) bond motifs is 2. The molecule has 0 radical (unpaired) electrons. The minimum Gasteiger partial charge on any atom is -0.465 e. The molecular weight excluding hydrogens is 411 g/mol. The van der Waals surface area contributed by atoms with Gasteiger partial charge in [-0.1, -0.05) is 23.5 Å². The Morgan fingerprint density at radius 3 is 2.83 bits per heavy atom. The third kappa shape index (κ3) is 3.67. The zero-order chi connectivity index (χ0) is 21.3. The Morgan fingerprint density at radius 2 is 2.03 bits per heavy atom. The van der Waals surface area contributed by atoms with Crippen LogP contribution in [-0.2, 0) is 16.1 Å². The Labute approximate surface area is 172 Å². The van der Waals surface area contributed by atoms with Gasteiger partial charge in [0.25, 0.3) is 5.91 Å². The number of hydrogen-bond donors (Lipinski definition) is 0. The zero-order valence-corrected chi connectivity index (χ0v) is 16.6. The van der Waals surface area contributed by atoms with Crippen molar-refractivity contribution in [2.24, 2.45) is 4.99 Å². The highest BCUT2D eigenvalue weighted by Gasteiger charge is 2.16. The van der Waals surface area contributed by atoms with Gasteiger partial charge in [0.2, 0.25) is 5.43 Å². The normalized spacial score (nSPS) is 11.9. The maximum absolute atomic E-state index is 13.6. The van der Waals surface area contributed by atoms with Gasteiger partial charge in [0.15, 0.2) is 4.80 Å². The second-order valence-electron chi connectivity index (χ2n) is 6.28. The van der Waals surface area contributed by atoms with Crippen molar-refractivity contribution < 1.29 is 23.1 Å². The van der Waals surface area contributed by atoms with E-state index in [1.807, 2.05) is 0 Å². The largest absolute Gasteiger partial charge is 0.465 e. The second kappa shape index (κ2) is 8.03. The van der Waals surface area contributed by atoms with Crippen LogP contribution in [0.5, 0.6) is 0 Å². The van der Waals surface area contributed by atoms with Crippen molar-refractivity contribution >= 4 is 44.4 Å². The molecule has 0 aliphatic carbocycles. The van der Waals surface area contributed by atoms with E-state index in [9.17, 15) is 18.8 Å². The van der Waals surface area contributed by atoms with Crippen LogP contribution in [0.3, 0.4) is 0 Å². The average Bonchev–Trinajstić information content (AvgIpc) is 3.04. The van der Waals surface area contributed by atoms with Crippen LogP contribution in [0.25, 0.3) is 21.2 Å². The summed E-state index contributed by atoms with van der Waals surface area (Å²) in [6.07, 6.45) is 1.07. The molecule has 0 saturated carbocycles. The minimum absolute atomic E-state index is 0.140. The van der Waals surface area contributed by atoms with E-state index in [1.165, 1.54) is 22.8 Å². The maximum Gasteiger partial charge on any atom is 0.326 e. The van der Waals surface area contributed by atoms with E-state index in [2.05, 4.69) is 4.99 Å². The fraction of sp³-hybridized carbons (Fsp3) is 0.143. The SMILES string of the molecule is CCOC(=O)Cn1c(=NC(=O)c2coc3ccccc3c2=O)sc2cc(F)ccc21. The highest BCUT2D eigenvalue weighted by molar-refractivity contribution is 7.16. The number of carbonyl (C=O) groups is 2. The summed E-state index contributed by atoms with van der Waals surface area (Å²) in [4.78, 5) is 41.6. The van der Waals surface area contributed by atoms with Crippen LogP contribution in [-0.4, -0.2) is 23.1 Å². The van der Waals surface area contributed by atoms with Crippen molar-refractivity contribution in [3.63, 3.8) is 0 Å². The summed E-state index contributed by atoms with van der Waals surface area (Å²) in [5.74, 6) is -1.81. The monoisotopic (exact) mass is 426 g/mol. The molecule has 30 heavy (non-hydrogen) atoms. The van der Waals surface area contributed by atoms with E-state index >= 15 is 0 Å². The van der Waals surface area contributed by atoms with Crippen LogP contribution in [0.4, 0.5) is 4.39 Å². The Balaban J connectivity index is 1.85. The third-order valence-electron chi connectivity index (χ3n) is 4.34. The molecule has 0 bridgehead atoms. The average molecular weight is 426 g/mol. The number of amides is 1. The van der Waals surface area contributed by atoms with Crippen LogP contribution in [0.15, 0.2) is 62.9 Å². The number of aromatic nitrogens is 1. The topological polar surface area (TPSA) is 90.9 Å². The predicted molar refractivity (Wildman–Crippen MR) is 109 cm³/mol. The molecule has 0 N–H and O–H groups in total. The van der Waals surface area contributed by atoms with E-state index in [0.29, 0.717) is 15.8 Å². The summed E-state index contributed by atoms with van der Waals surface area (Å²) in [5.41, 5.74) is 0.134. The van der Waals surface area contributed by atoms with Crippen LogP contribution in [0, 0.1) is 5.82 Å². The van der Waals surface area contributed by atoms with Gasteiger partial charge in [-0.05, 0) is 37.3 Å². The van der Waals surface area contributed by atoms with Gasteiger partial charge in [-0.2, -0.15) is 4.99 Å². The van der Waals surface area contributed by atoms with E-state index in [0.717, 1.165) is 17.6 Å². The summed E-state index contributed by atoms with van der Waals surface area (Å²) in [7, 11) is 0. The lowest BCUT2D eigenvalue weighted by Crippen LogP contribution is -2.24. The van der Waals surface area contributed by atoms with Gasteiger partial charge in [-0.15, -0.1) is 0 Å². The summed E-state index contributed by atoms with van der Waals surface area (Å²) >= 11 is 1.03. The lowest BCUT2D eigenvalue weighted by atomic mass is 10.2. The first-order valence-electron chi connectivity index (χ1n) is 9.02.